The van der Waals surface area contributed by atoms with Gasteiger partial charge in [0.1, 0.15) is 24.1 Å². The van der Waals surface area contributed by atoms with Crippen molar-refractivity contribution in [3.05, 3.63) is 150 Å². The van der Waals surface area contributed by atoms with Gasteiger partial charge in [-0.3, -0.25) is 4.79 Å². The zero-order valence-electron chi connectivity index (χ0n) is 36.9. The molecule has 10 nitrogen and oxygen atoms in total. The van der Waals surface area contributed by atoms with Crippen LogP contribution in [-0.2, 0) is 16.2 Å². The largest absolute Gasteiger partial charge is 0.493 e. The number of hydrogen-bond acceptors (Lipinski definition) is 10. The van der Waals surface area contributed by atoms with Gasteiger partial charge in [-0.05, 0) is 110 Å². The van der Waals surface area contributed by atoms with Crippen molar-refractivity contribution in [1.82, 2.24) is 4.90 Å². The molecule has 1 amide bonds. The number of nitriles is 1. The molecule has 6 unspecified atom stereocenters. The number of carbonyl (C=O) groups is 1. The van der Waals surface area contributed by atoms with Crippen LogP contribution in [0, 0.1) is 29.1 Å². The first kappa shape index (κ1) is 46.6. The molecular formula is C53H61N3O7S. The molecule has 4 aromatic rings. The van der Waals surface area contributed by atoms with Crippen LogP contribution in [0.2, 0.25) is 0 Å². The molecule has 0 bridgehead atoms. The fourth-order valence-electron chi connectivity index (χ4n) is 9.83. The number of carbonyl (C=O) groups excluding carboxylic acids is 1. The Balaban J connectivity index is 1.39. The second-order valence-electron chi connectivity index (χ2n) is 16.7. The Morgan fingerprint density at radius 3 is 2.42 bits per heavy atom. The monoisotopic (exact) mass is 883 g/mol. The fourth-order valence-corrected chi connectivity index (χ4v) is 10.6. The van der Waals surface area contributed by atoms with E-state index in [0.717, 1.165) is 59.6 Å². The molecule has 4 aromatic carbocycles. The second kappa shape index (κ2) is 23.0. The zero-order chi connectivity index (χ0) is 44.7. The summed E-state index contributed by atoms with van der Waals surface area (Å²) >= 11 is 1.75. The van der Waals surface area contributed by atoms with Gasteiger partial charge in [-0.1, -0.05) is 85.6 Å². The molecule has 1 heterocycles. The molecular weight excluding hydrogens is 823 g/mol. The Hall–Kier alpha value is -5.38. The molecule has 6 atom stereocenters. The number of hydrogen-bond donors (Lipinski definition) is 2. The van der Waals surface area contributed by atoms with Crippen LogP contribution in [0.15, 0.2) is 137 Å². The third kappa shape index (κ3) is 10.8. The normalized spacial score (nSPS) is 22.6. The van der Waals surface area contributed by atoms with Crippen molar-refractivity contribution in [3.8, 4) is 17.6 Å². The van der Waals surface area contributed by atoms with Crippen LogP contribution in [0.3, 0.4) is 0 Å². The minimum atomic E-state index is -1.38. The van der Waals surface area contributed by atoms with Crippen LogP contribution in [-0.4, -0.2) is 77.3 Å². The van der Waals surface area contributed by atoms with Gasteiger partial charge < -0.3 is 34.2 Å². The first-order valence-electron chi connectivity index (χ1n) is 22.8. The number of ether oxygens (including phenoxy) is 3. The summed E-state index contributed by atoms with van der Waals surface area (Å²) in [6, 6.07) is 34.6. The van der Waals surface area contributed by atoms with Gasteiger partial charge in [-0.25, -0.2) is 0 Å². The number of thioether (sulfide) groups is 1. The molecule has 336 valence electrons. The number of rotatable bonds is 23. The van der Waals surface area contributed by atoms with Crippen LogP contribution in [0.25, 0.3) is 0 Å². The van der Waals surface area contributed by atoms with E-state index in [4.69, 9.17) is 24.2 Å². The van der Waals surface area contributed by atoms with E-state index >= 15 is 0 Å². The van der Waals surface area contributed by atoms with Crippen molar-refractivity contribution in [2.24, 2.45) is 22.9 Å². The topological polar surface area (TPSA) is 134 Å². The molecule has 0 saturated heterocycles. The van der Waals surface area contributed by atoms with Gasteiger partial charge in [0.2, 0.25) is 5.79 Å². The molecule has 11 heteroatoms. The summed E-state index contributed by atoms with van der Waals surface area (Å²) in [7, 11) is 0. The Bertz CT molecular complexity index is 2250. The highest BCUT2D eigenvalue weighted by molar-refractivity contribution is 7.99. The van der Waals surface area contributed by atoms with Gasteiger partial charge >= 0.3 is 0 Å². The first-order valence-corrected chi connectivity index (χ1v) is 23.8. The highest BCUT2D eigenvalue weighted by Crippen LogP contribution is 2.62. The third-order valence-corrected chi connectivity index (χ3v) is 13.6. The molecule has 0 aromatic heterocycles. The van der Waals surface area contributed by atoms with Gasteiger partial charge in [-0.2, -0.15) is 5.26 Å². The lowest BCUT2D eigenvalue weighted by Crippen LogP contribution is -2.70. The van der Waals surface area contributed by atoms with Crippen LogP contribution >= 0.6 is 11.8 Å². The highest BCUT2D eigenvalue weighted by Gasteiger charge is 2.65. The van der Waals surface area contributed by atoms with Crippen molar-refractivity contribution in [3.63, 3.8) is 0 Å². The first-order chi connectivity index (χ1) is 31.4. The van der Waals surface area contributed by atoms with Crippen LogP contribution in [0.5, 0.6) is 11.5 Å². The summed E-state index contributed by atoms with van der Waals surface area (Å²) in [6.07, 6.45) is 9.73. The number of oxime groups is 1. The lowest BCUT2D eigenvalue weighted by Gasteiger charge is -2.60. The number of unbranched alkanes of at least 4 members (excludes halogenated alkanes) is 2. The zero-order valence-corrected chi connectivity index (χ0v) is 37.7. The standard InChI is InChI=1S/C53H61N3O7S/c1-3-27-56(52(59)40-23-21-38(36-54)22-24-40)49-35-47(55-62-37-39-15-7-5-8-16-39)45-33-41(17-11-13-28-57)44(20-12-14-29-58)50-46-34-42(60-31-32-64-43-18-9-6-10-19-43)25-26-48(46)63-53(49,51(45)50)61-30-4-2/h4-10,15-16,18-19,21-26,33-34,41,44,49-51,57-58H,2-3,11-14,17,20,27-32,35,37H2,1H3. The quantitative estimate of drug-likeness (QED) is 0.0323. The van der Waals surface area contributed by atoms with Gasteiger partial charge in [0.15, 0.2) is 0 Å². The van der Waals surface area contributed by atoms with E-state index in [2.05, 4.69) is 43.8 Å². The number of benzene rings is 4. The number of aliphatic hydroxyl groups excluding tert-OH is 2. The lowest BCUT2D eigenvalue weighted by atomic mass is 9.55. The molecule has 1 saturated carbocycles. The lowest BCUT2D eigenvalue weighted by molar-refractivity contribution is -0.254. The van der Waals surface area contributed by atoms with Crippen LogP contribution in [0.1, 0.15) is 91.3 Å². The summed E-state index contributed by atoms with van der Waals surface area (Å²) in [5.41, 5.74) is 4.63. The summed E-state index contributed by atoms with van der Waals surface area (Å²) in [4.78, 5) is 24.3. The molecule has 1 aliphatic heterocycles. The minimum Gasteiger partial charge on any atom is -0.493 e. The molecule has 2 aliphatic carbocycles. The predicted molar refractivity (Wildman–Crippen MR) is 251 cm³/mol. The number of fused-ring (bicyclic) bond motifs is 2. The second-order valence-corrected chi connectivity index (χ2v) is 17.9. The van der Waals surface area contributed by atoms with Crippen molar-refractivity contribution in [2.45, 2.75) is 87.5 Å². The maximum atomic E-state index is 15.0. The van der Waals surface area contributed by atoms with E-state index in [1.54, 1.807) is 42.1 Å². The Kier molecular flexibility index (Phi) is 16.7. The summed E-state index contributed by atoms with van der Waals surface area (Å²) in [5.74, 6) is 0.170. The maximum absolute atomic E-state index is 15.0. The molecule has 0 radical (unpaired) electrons. The SMILES string of the molecule is C=CCOC12Oc3ccc(OCCSc4ccccc4)cc3C3C(CCCCO)C(CCCCO)C=C(C(=NOCc4ccccc4)CC1N(CCC)C(=O)c1ccc(C#N)cc1)C32. The van der Waals surface area contributed by atoms with E-state index in [1.165, 1.54) is 4.90 Å². The maximum Gasteiger partial charge on any atom is 0.254 e. The Labute approximate surface area is 382 Å². The van der Waals surface area contributed by atoms with Crippen molar-refractivity contribution in [1.29, 1.82) is 5.26 Å². The number of aliphatic hydroxyl groups is 2. The number of nitrogens with zero attached hydrogens (tertiary/aromatic N) is 3. The summed E-state index contributed by atoms with van der Waals surface area (Å²) in [6.45, 7) is 7.68. The summed E-state index contributed by atoms with van der Waals surface area (Å²) < 4.78 is 21.0. The van der Waals surface area contributed by atoms with E-state index in [9.17, 15) is 20.3 Å². The van der Waals surface area contributed by atoms with E-state index < -0.39 is 17.7 Å². The minimum absolute atomic E-state index is 0.0799. The molecule has 2 N–H and O–H groups in total. The summed E-state index contributed by atoms with van der Waals surface area (Å²) in [5, 5.41) is 34.5. The van der Waals surface area contributed by atoms with Crippen molar-refractivity contribution >= 4 is 23.4 Å². The smallest absolute Gasteiger partial charge is 0.254 e. The third-order valence-electron chi connectivity index (χ3n) is 12.6. The molecule has 7 rings (SSSR count). The van der Waals surface area contributed by atoms with Crippen molar-refractivity contribution in [2.75, 3.05) is 38.7 Å². The number of allylic oxidation sites excluding steroid dienone is 1. The van der Waals surface area contributed by atoms with Crippen LogP contribution < -0.4 is 9.47 Å². The van der Waals surface area contributed by atoms with E-state index in [-0.39, 0.29) is 56.5 Å². The average Bonchev–Trinajstić information content (AvgIpc) is 3.33. The molecule has 0 spiro atoms. The van der Waals surface area contributed by atoms with Crippen molar-refractivity contribution < 1.29 is 34.1 Å². The van der Waals surface area contributed by atoms with Gasteiger partial charge in [0.25, 0.3) is 5.91 Å². The Morgan fingerprint density at radius 1 is 0.984 bits per heavy atom. The van der Waals surface area contributed by atoms with Gasteiger partial charge in [0, 0.05) is 53.9 Å². The molecule has 64 heavy (non-hydrogen) atoms. The van der Waals surface area contributed by atoms with E-state index in [1.807, 2.05) is 65.6 Å². The highest BCUT2D eigenvalue weighted by atomic mass is 32.2. The molecule has 3 aliphatic rings. The van der Waals surface area contributed by atoms with Gasteiger partial charge in [-0.15, -0.1) is 18.3 Å². The number of amides is 1. The Morgan fingerprint density at radius 2 is 1.72 bits per heavy atom. The molecule has 1 fully saturated rings. The van der Waals surface area contributed by atoms with E-state index in [0.29, 0.717) is 49.3 Å². The average molecular weight is 884 g/mol. The van der Waals surface area contributed by atoms with Gasteiger partial charge in [0.05, 0.1) is 36.5 Å². The fraction of sp³-hybridized carbons (Fsp3) is 0.415. The predicted octanol–water partition coefficient (Wildman–Crippen LogP) is 10.1. The van der Waals surface area contributed by atoms with Crippen LogP contribution in [0.4, 0.5) is 0 Å².